The van der Waals surface area contributed by atoms with E-state index in [1.54, 1.807) is 30.3 Å². The molecule has 8 heteroatoms. The van der Waals surface area contributed by atoms with Gasteiger partial charge in [-0.3, -0.25) is 19.4 Å². The van der Waals surface area contributed by atoms with Crippen LogP contribution in [0.25, 0.3) is 6.08 Å². The molecular formula is C22H22ClN3O3S. The molecule has 1 aromatic carbocycles. The standard InChI is InChI=1S/C22H22ClN3O3S/c1-2-25-20(27)18(14-17-10-11-19(29-17)24-12-4-3-5-13-24)21(28)26(22(25)30)16-8-6-15(23)7-9-16/h6-11,14H,2-5,12-13H2,1H3/b18-14+. The van der Waals surface area contributed by atoms with Crippen molar-refractivity contribution in [1.82, 2.24) is 4.90 Å². The van der Waals surface area contributed by atoms with Crippen LogP contribution in [0.5, 0.6) is 0 Å². The van der Waals surface area contributed by atoms with E-state index in [0.717, 1.165) is 31.8 Å². The maximum absolute atomic E-state index is 13.2. The van der Waals surface area contributed by atoms with Crippen molar-refractivity contribution in [2.45, 2.75) is 26.2 Å². The van der Waals surface area contributed by atoms with Crippen LogP contribution in [0.4, 0.5) is 11.6 Å². The summed E-state index contributed by atoms with van der Waals surface area (Å²) in [4.78, 5) is 31.2. The molecule has 3 heterocycles. The molecule has 2 saturated heterocycles. The number of hydrogen-bond acceptors (Lipinski definition) is 5. The van der Waals surface area contributed by atoms with Crippen molar-refractivity contribution in [3.8, 4) is 0 Å². The number of anilines is 2. The van der Waals surface area contributed by atoms with Gasteiger partial charge in [-0.15, -0.1) is 0 Å². The van der Waals surface area contributed by atoms with Gasteiger partial charge in [-0.1, -0.05) is 11.6 Å². The number of benzene rings is 1. The van der Waals surface area contributed by atoms with E-state index in [-0.39, 0.29) is 10.7 Å². The average molecular weight is 444 g/mol. The third-order valence-corrected chi connectivity index (χ3v) is 5.95. The van der Waals surface area contributed by atoms with Gasteiger partial charge in [0.25, 0.3) is 11.8 Å². The highest BCUT2D eigenvalue weighted by Gasteiger charge is 2.39. The summed E-state index contributed by atoms with van der Waals surface area (Å²) in [6, 6.07) is 10.4. The average Bonchev–Trinajstić information content (AvgIpc) is 3.22. The van der Waals surface area contributed by atoms with Gasteiger partial charge < -0.3 is 9.32 Å². The summed E-state index contributed by atoms with van der Waals surface area (Å²) in [5.41, 5.74) is 0.569. The second kappa shape index (κ2) is 8.62. The molecule has 0 atom stereocenters. The molecule has 2 aliphatic heterocycles. The summed E-state index contributed by atoms with van der Waals surface area (Å²) < 4.78 is 5.93. The number of rotatable bonds is 4. The number of carbonyl (C=O) groups is 2. The fourth-order valence-electron chi connectivity index (χ4n) is 3.72. The second-order valence-electron chi connectivity index (χ2n) is 7.23. The zero-order valence-electron chi connectivity index (χ0n) is 16.6. The molecule has 6 nitrogen and oxygen atoms in total. The van der Waals surface area contributed by atoms with E-state index in [2.05, 4.69) is 4.90 Å². The Labute approximate surface area is 185 Å². The van der Waals surface area contributed by atoms with Crippen molar-refractivity contribution in [3.63, 3.8) is 0 Å². The lowest BCUT2D eigenvalue weighted by atomic mass is 10.1. The number of thiocarbonyl (C=S) groups is 1. The summed E-state index contributed by atoms with van der Waals surface area (Å²) in [5.74, 6) is 0.323. The monoisotopic (exact) mass is 443 g/mol. The van der Waals surface area contributed by atoms with Crippen LogP contribution < -0.4 is 9.80 Å². The molecule has 0 N–H and O–H groups in total. The zero-order chi connectivity index (χ0) is 21.3. The van der Waals surface area contributed by atoms with Crippen LogP contribution in [-0.4, -0.2) is 41.5 Å². The van der Waals surface area contributed by atoms with Gasteiger partial charge in [0.05, 0.1) is 5.69 Å². The highest BCUT2D eigenvalue weighted by molar-refractivity contribution is 7.80. The predicted octanol–water partition coefficient (Wildman–Crippen LogP) is 4.49. The highest BCUT2D eigenvalue weighted by Crippen LogP contribution is 2.29. The maximum Gasteiger partial charge on any atom is 0.270 e. The van der Waals surface area contributed by atoms with E-state index in [0.29, 0.717) is 23.0 Å². The molecule has 2 aromatic rings. The smallest absolute Gasteiger partial charge is 0.270 e. The highest BCUT2D eigenvalue weighted by atomic mass is 35.5. The number of carbonyl (C=O) groups excluding carboxylic acids is 2. The molecule has 0 unspecified atom stereocenters. The molecule has 1 aromatic heterocycles. The number of halogens is 1. The number of furan rings is 1. The van der Waals surface area contributed by atoms with Crippen molar-refractivity contribution >= 4 is 58.4 Å². The van der Waals surface area contributed by atoms with Crippen LogP contribution in [0, 0.1) is 0 Å². The Balaban J connectivity index is 1.68. The first-order valence-corrected chi connectivity index (χ1v) is 10.8. The number of nitrogens with zero attached hydrogens (tertiary/aromatic N) is 3. The normalized spacial score (nSPS) is 19.2. The molecular weight excluding hydrogens is 422 g/mol. The molecule has 156 valence electrons. The molecule has 0 saturated carbocycles. The van der Waals surface area contributed by atoms with Crippen molar-refractivity contribution < 1.29 is 14.0 Å². The Bertz CT molecular complexity index is 1010. The molecule has 30 heavy (non-hydrogen) atoms. The Morgan fingerprint density at radius 3 is 2.40 bits per heavy atom. The van der Waals surface area contributed by atoms with Crippen LogP contribution in [0.3, 0.4) is 0 Å². The minimum atomic E-state index is -0.479. The summed E-state index contributed by atoms with van der Waals surface area (Å²) in [6.45, 7) is 4.07. The first kappa shape index (κ1) is 20.6. The lowest BCUT2D eigenvalue weighted by Crippen LogP contribution is -2.56. The van der Waals surface area contributed by atoms with Crippen molar-refractivity contribution in [3.05, 3.63) is 52.8 Å². The molecule has 0 radical (unpaired) electrons. The van der Waals surface area contributed by atoms with Crippen molar-refractivity contribution in [1.29, 1.82) is 0 Å². The van der Waals surface area contributed by atoms with Crippen LogP contribution in [0.2, 0.25) is 5.02 Å². The molecule has 0 spiro atoms. The van der Waals surface area contributed by atoms with Gasteiger partial charge >= 0.3 is 0 Å². The minimum absolute atomic E-state index is 0.0138. The summed E-state index contributed by atoms with van der Waals surface area (Å²) in [7, 11) is 0. The van der Waals surface area contributed by atoms with Crippen LogP contribution in [0.15, 0.2) is 46.4 Å². The molecule has 0 bridgehead atoms. The quantitative estimate of drug-likeness (QED) is 0.396. The van der Waals surface area contributed by atoms with Gasteiger partial charge in [0.2, 0.25) is 0 Å². The minimum Gasteiger partial charge on any atom is -0.441 e. The largest absolute Gasteiger partial charge is 0.441 e. The van der Waals surface area contributed by atoms with Gasteiger partial charge in [-0.2, -0.15) is 0 Å². The van der Waals surface area contributed by atoms with Crippen LogP contribution in [-0.2, 0) is 9.59 Å². The van der Waals surface area contributed by atoms with E-state index in [9.17, 15) is 9.59 Å². The fourth-order valence-corrected chi connectivity index (χ4v) is 4.24. The Morgan fingerprint density at radius 1 is 1.03 bits per heavy atom. The Hall–Kier alpha value is -2.64. The van der Waals surface area contributed by atoms with E-state index in [1.807, 2.05) is 13.0 Å². The van der Waals surface area contributed by atoms with Gasteiger partial charge in [0.15, 0.2) is 11.0 Å². The van der Waals surface area contributed by atoms with Crippen molar-refractivity contribution in [2.75, 3.05) is 29.4 Å². The summed E-state index contributed by atoms with van der Waals surface area (Å²) in [6.07, 6.45) is 5.00. The Morgan fingerprint density at radius 2 is 1.73 bits per heavy atom. The number of likely N-dealkylation sites (N-methyl/N-ethyl adjacent to an activating group) is 1. The van der Waals surface area contributed by atoms with E-state index in [4.69, 9.17) is 28.2 Å². The first-order chi connectivity index (χ1) is 14.5. The Kier molecular flexibility index (Phi) is 5.92. The predicted molar refractivity (Wildman–Crippen MR) is 122 cm³/mol. The van der Waals surface area contributed by atoms with Crippen molar-refractivity contribution in [2.24, 2.45) is 0 Å². The third-order valence-electron chi connectivity index (χ3n) is 5.30. The fraction of sp³-hybridized carbons (Fsp3) is 0.318. The van der Waals surface area contributed by atoms with E-state index in [1.165, 1.54) is 22.3 Å². The van der Waals surface area contributed by atoms with Gasteiger partial charge in [-0.25, -0.2) is 0 Å². The number of piperidine rings is 1. The molecule has 2 amide bonds. The SMILES string of the molecule is CCN1C(=O)/C(=C\c2ccc(N3CCCCC3)o2)C(=O)N(c2ccc(Cl)cc2)C1=S. The topological polar surface area (TPSA) is 57.0 Å². The number of amides is 2. The third kappa shape index (κ3) is 3.87. The maximum atomic E-state index is 13.2. The zero-order valence-corrected chi connectivity index (χ0v) is 18.2. The van der Waals surface area contributed by atoms with Crippen LogP contribution >= 0.6 is 23.8 Å². The van der Waals surface area contributed by atoms with E-state index < -0.39 is 11.8 Å². The van der Waals surface area contributed by atoms with Gasteiger partial charge in [-0.05, 0) is 74.8 Å². The first-order valence-electron chi connectivity index (χ1n) is 10.0. The molecule has 0 aliphatic carbocycles. The van der Waals surface area contributed by atoms with Gasteiger partial charge in [0.1, 0.15) is 11.3 Å². The molecule has 2 aliphatic rings. The summed E-state index contributed by atoms with van der Waals surface area (Å²) in [5, 5.41) is 0.703. The van der Waals surface area contributed by atoms with Crippen LogP contribution in [0.1, 0.15) is 31.9 Å². The second-order valence-corrected chi connectivity index (χ2v) is 8.03. The number of hydrogen-bond donors (Lipinski definition) is 0. The lowest BCUT2D eigenvalue weighted by molar-refractivity contribution is -0.127. The molecule has 4 rings (SSSR count). The van der Waals surface area contributed by atoms with E-state index >= 15 is 0 Å². The van der Waals surface area contributed by atoms with Gasteiger partial charge in [0, 0.05) is 30.7 Å². The lowest BCUT2D eigenvalue weighted by Gasteiger charge is -2.35. The molecule has 2 fully saturated rings. The summed E-state index contributed by atoms with van der Waals surface area (Å²) >= 11 is 11.4.